The lowest BCUT2D eigenvalue weighted by Crippen LogP contribution is -2.65. The van der Waals surface area contributed by atoms with Crippen LogP contribution in [-0.2, 0) is 10.8 Å². The standard InChI is InChI=1S/C67H66BN3Si/c1-64-34-17-19-36-66(64,3)70(58-33-31-49(39-54(58)64)46-24-13-9-14-25-46)52-41-60-62-61(42-52)71-63-55(65(2)35-18-20-37-67(65,71)4)43-53(72(5,6)7)44-57(63)68(62)56-32-30-50(47-26-15-10-16-27-47)40-59(56)69(60)51-29-21-28-48(38-51)45-22-11-8-12-23-45/h8-16,21-33,38-44H,17-20,34-37H2,1-7H3. The van der Waals surface area contributed by atoms with Gasteiger partial charge in [0, 0.05) is 50.6 Å². The molecule has 4 unspecified atom stereocenters. The number of hydrogen-bond donors (Lipinski definition) is 0. The van der Waals surface area contributed by atoms with Crippen LogP contribution < -0.4 is 36.3 Å². The lowest BCUT2D eigenvalue weighted by Gasteiger charge is -2.53. The SMILES string of the molecule is CC12CCCCC1(C)N(c1cc3c4c(c1)N1c5c(cc([Si](C)(C)C)cc5C5(C)CCCCC15C)B4c1ccc(-c4ccccc4)cc1N3c1cccc(-c3ccccc3)c1)c1ccc(-c3ccccc3)cc12. The second kappa shape index (κ2) is 15.5. The number of benzene rings is 8. The summed E-state index contributed by atoms with van der Waals surface area (Å²) in [5.41, 5.74) is 24.2. The van der Waals surface area contributed by atoms with E-state index in [0.29, 0.717) is 0 Å². The number of fused-ring (bicyclic) bond motifs is 10. The van der Waals surface area contributed by atoms with E-state index in [1.165, 1.54) is 140 Å². The van der Waals surface area contributed by atoms with Gasteiger partial charge in [0.2, 0.25) is 0 Å². The van der Waals surface area contributed by atoms with Gasteiger partial charge in [-0.25, -0.2) is 0 Å². The maximum absolute atomic E-state index is 2.96. The summed E-state index contributed by atoms with van der Waals surface area (Å²) in [6, 6.07) is 68.2. The van der Waals surface area contributed by atoms with Crippen molar-refractivity contribution in [3.8, 4) is 33.4 Å². The fourth-order valence-corrected chi connectivity index (χ4v) is 16.5. The van der Waals surface area contributed by atoms with Gasteiger partial charge in [-0.3, -0.25) is 0 Å². The average molecular weight is 952 g/mol. The minimum atomic E-state index is -1.77. The molecular weight excluding hydrogens is 886 g/mol. The molecule has 3 nitrogen and oxygen atoms in total. The Kier molecular flexibility index (Phi) is 9.50. The number of anilines is 7. The smallest absolute Gasteiger partial charge is 0.252 e. The molecule has 8 aromatic carbocycles. The van der Waals surface area contributed by atoms with Gasteiger partial charge in [0.25, 0.3) is 6.71 Å². The zero-order chi connectivity index (χ0) is 48.9. The van der Waals surface area contributed by atoms with E-state index in [4.69, 9.17) is 0 Å². The number of nitrogens with zero attached hydrogens (tertiary/aromatic N) is 3. The summed E-state index contributed by atoms with van der Waals surface area (Å²) in [7, 11) is -1.77. The molecule has 0 N–H and O–H groups in total. The van der Waals surface area contributed by atoms with Gasteiger partial charge in [-0.2, -0.15) is 0 Å². The molecule has 356 valence electrons. The van der Waals surface area contributed by atoms with Gasteiger partial charge in [-0.05, 0) is 143 Å². The monoisotopic (exact) mass is 952 g/mol. The van der Waals surface area contributed by atoms with Gasteiger partial charge in [-0.1, -0.05) is 198 Å². The van der Waals surface area contributed by atoms with Crippen LogP contribution in [0.25, 0.3) is 33.4 Å². The van der Waals surface area contributed by atoms with E-state index in [9.17, 15) is 0 Å². The molecule has 0 saturated heterocycles. The third-order valence-corrected chi connectivity index (χ3v) is 21.7. The molecule has 6 aliphatic rings. The number of rotatable bonds is 6. The molecule has 0 radical (unpaired) electrons. The van der Waals surface area contributed by atoms with Crippen LogP contribution in [-0.4, -0.2) is 25.9 Å². The summed E-state index contributed by atoms with van der Waals surface area (Å²) in [4.78, 5) is 8.51. The Morgan fingerprint density at radius 3 is 1.58 bits per heavy atom. The van der Waals surface area contributed by atoms with E-state index in [2.05, 4.69) is 238 Å². The second-order valence-electron chi connectivity index (χ2n) is 24.3. The van der Waals surface area contributed by atoms with Crippen LogP contribution in [0.4, 0.5) is 39.8 Å². The molecule has 2 aliphatic carbocycles. The van der Waals surface area contributed by atoms with Crippen molar-refractivity contribution in [3.63, 3.8) is 0 Å². The molecule has 4 aliphatic heterocycles. The van der Waals surface area contributed by atoms with Crippen molar-refractivity contribution >= 4 is 76.2 Å². The van der Waals surface area contributed by atoms with Crippen LogP contribution in [0.3, 0.4) is 0 Å². The number of hydrogen-bond acceptors (Lipinski definition) is 3. The zero-order valence-corrected chi connectivity index (χ0v) is 44.3. The molecule has 0 bridgehead atoms. The van der Waals surface area contributed by atoms with Gasteiger partial charge < -0.3 is 14.7 Å². The minimum absolute atomic E-state index is 0.00702. The van der Waals surface area contributed by atoms with Gasteiger partial charge in [0.05, 0.1) is 19.2 Å². The first kappa shape index (κ1) is 44.2. The van der Waals surface area contributed by atoms with Crippen molar-refractivity contribution in [3.05, 3.63) is 187 Å². The Morgan fingerprint density at radius 1 is 0.403 bits per heavy atom. The maximum atomic E-state index is 2.96. The van der Waals surface area contributed by atoms with E-state index in [-0.39, 0.29) is 28.6 Å². The van der Waals surface area contributed by atoms with Crippen LogP contribution in [0.15, 0.2) is 176 Å². The minimum Gasteiger partial charge on any atom is -0.335 e. The third kappa shape index (κ3) is 5.98. The fourth-order valence-electron chi connectivity index (χ4n) is 15.4. The van der Waals surface area contributed by atoms with E-state index < -0.39 is 8.07 Å². The van der Waals surface area contributed by atoms with Crippen molar-refractivity contribution in [1.29, 1.82) is 0 Å². The van der Waals surface area contributed by atoms with Crippen molar-refractivity contribution < 1.29 is 0 Å². The van der Waals surface area contributed by atoms with Crippen LogP contribution in [0.5, 0.6) is 0 Å². The predicted octanol–water partition coefficient (Wildman–Crippen LogP) is 15.3. The fraction of sp³-hybridized carbons (Fsp3) is 0.284. The second-order valence-corrected chi connectivity index (χ2v) is 29.4. The van der Waals surface area contributed by atoms with Gasteiger partial charge in [0.15, 0.2) is 0 Å². The molecule has 0 spiro atoms. The first-order valence-corrected chi connectivity index (χ1v) is 30.6. The van der Waals surface area contributed by atoms with Crippen molar-refractivity contribution in [2.75, 3.05) is 14.7 Å². The van der Waals surface area contributed by atoms with E-state index in [1.807, 2.05) is 0 Å². The lowest BCUT2D eigenvalue weighted by molar-refractivity contribution is 0.194. The Bertz CT molecular complexity index is 3510. The summed E-state index contributed by atoms with van der Waals surface area (Å²) in [6.07, 6.45) is 9.72. The molecule has 2 saturated carbocycles. The first-order valence-electron chi connectivity index (χ1n) is 27.1. The molecule has 2 fully saturated rings. The summed E-state index contributed by atoms with van der Waals surface area (Å²) < 4.78 is 0. The molecule has 14 rings (SSSR count). The molecule has 4 heterocycles. The normalized spacial score (nSPS) is 24.3. The zero-order valence-electron chi connectivity index (χ0n) is 43.3. The largest absolute Gasteiger partial charge is 0.335 e. The highest BCUT2D eigenvalue weighted by molar-refractivity contribution is 7.01. The highest BCUT2D eigenvalue weighted by Gasteiger charge is 2.63. The summed E-state index contributed by atoms with van der Waals surface area (Å²) in [6.45, 7) is 18.3. The Morgan fingerprint density at radius 2 is 0.944 bits per heavy atom. The Hall–Kier alpha value is -6.56. The van der Waals surface area contributed by atoms with Crippen LogP contribution in [0.1, 0.15) is 90.2 Å². The van der Waals surface area contributed by atoms with Gasteiger partial charge in [-0.15, -0.1) is 0 Å². The summed E-state index contributed by atoms with van der Waals surface area (Å²) in [5.74, 6) is 0. The highest BCUT2D eigenvalue weighted by atomic mass is 28.3. The Labute approximate surface area is 429 Å². The van der Waals surface area contributed by atoms with E-state index in [0.717, 1.165) is 6.42 Å². The van der Waals surface area contributed by atoms with Crippen molar-refractivity contribution in [2.24, 2.45) is 0 Å². The van der Waals surface area contributed by atoms with Crippen LogP contribution >= 0.6 is 0 Å². The van der Waals surface area contributed by atoms with Crippen LogP contribution in [0.2, 0.25) is 19.6 Å². The van der Waals surface area contributed by atoms with E-state index >= 15 is 0 Å². The van der Waals surface area contributed by atoms with Crippen molar-refractivity contribution in [2.45, 2.75) is 121 Å². The lowest BCUT2D eigenvalue weighted by atomic mass is 9.33. The van der Waals surface area contributed by atoms with Crippen LogP contribution in [0, 0.1) is 0 Å². The molecule has 72 heavy (non-hydrogen) atoms. The van der Waals surface area contributed by atoms with Gasteiger partial charge in [0.1, 0.15) is 0 Å². The average Bonchev–Trinajstić information content (AvgIpc) is 3.75. The molecule has 4 atom stereocenters. The molecule has 0 aromatic heterocycles. The quantitative estimate of drug-likeness (QED) is 0.154. The molecule has 8 aromatic rings. The summed E-state index contributed by atoms with van der Waals surface area (Å²) >= 11 is 0. The topological polar surface area (TPSA) is 9.72 Å². The maximum Gasteiger partial charge on any atom is 0.252 e. The molecular formula is C67H66BN3Si. The summed E-state index contributed by atoms with van der Waals surface area (Å²) in [5, 5.41) is 1.59. The molecule has 0 amide bonds. The molecule has 5 heteroatoms. The van der Waals surface area contributed by atoms with Gasteiger partial charge >= 0.3 is 0 Å². The first-order chi connectivity index (χ1) is 34.8. The van der Waals surface area contributed by atoms with Crippen molar-refractivity contribution in [1.82, 2.24) is 0 Å². The highest BCUT2D eigenvalue weighted by Crippen LogP contribution is 2.65. The Balaban J connectivity index is 1.10. The third-order valence-electron chi connectivity index (χ3n) is 19.7. The van der Waals surface area contributed by atoms with E-state index in [1.54, 1.807) is 10.8 Å². The predicted molar refractivity (Wildman–Crippen MR) is 311 cm³/mol.